The second-order valence-electron chi connectivity index (χ2n) is 2.88. The van der Waals surface area contributed by atoms with Crippen LogP contribution in [-0.4, -0.2) is 15.0 Å². The molecule has 11 heavy (non-hydrogen) atoms. The Kier molecular flexibility index (Phi) is 1.22. The summed E-state index contributed by atoms with van der Waals surface area (Å²) in [6.45, 7) is 0. The summed E-state index contributed by atoms with van der Waals surface area (Å²) < 4.78 is 1.79. The van der Waals surface area contributed by atoms with Gasteiger partial charge < -0.3 is 0 Å². The topological polar surface area (TPSA) is 30.7 Å². The molecular weight excluding hydrogens is 138 g/mol. The summed E-state index contributed by atoms with van der Waals surface area (Å²) in [6.07, 6.45) is 12.2. The fourth-order valence-corrected chi connectivity index (χ4v) is 1.39. The lowest BCUT2D eigenvalue weighted by atomic mass is 9.78. The van der Waals surface area contributed by atoms with Crippen molar-refractivity contribution in [2.45, 2.75) is 24.8 Å². The molecule has 0 unspecified atom stereocenters. The second-order valence-corrected chi connectivity index (χ2v) is 2.88. The molecule has 1 aliphatic rings. The van der Waals surface area contributed by atoms with E-state index in [1.54, 1.807) is 10.9 Å². The molecule has 2 rings (SSSR count). The molecule has 0 amide bonds. The third-order valence-electron chi connectivity index (χ3n) is 2.31. The highest BCUT2D eigenvalue weighted by Gasteiger charge is 2.37. The van der Waals surface area contributed by atoms with Gasteiger partial charge in [-0.3, -0.25) is 0 Å². The van der Waals surface area contributed by atoms with Crippen LogP contribution >= 0.6 is 0 Å². The van der Waals surface area contributed by atoms with Crippen molar-refractivity contribution >= 4 is 0 Å². The second kappa shape index (κ2) is 2.09. The molecule has 56 valence electrons. The average molecular weight is 147 g/mol. The van der Waals surface area contributed by atoms with Gasteiger partial charge in [-0.1, -0.05) is 11.1 Å². The summed E-state index contributed by atoms with van der Waals surface area (Å²) in [5, 5.41) is 7.64. The van der Waals surface area contributed by atoms with Gasteiger partial charge in [-0.2, -0.15) is 0 Å². The van der Waals surface area contributed by atoms with E-state index >= 15 is 0 Å². The van der Waals surface area contributed by atoms with Gasteiger partial charge in [-0.05, 0) is 19.3 Å². The van der Waals surface area contributed by atoms with E-state index in [0.717, 1.165) is 12.8 Å². The molecule has 1 heterocycles. The van der Waals surface area contributed by atoms with Crippen LogP contribution in [0.4, 0.5) is 0 Å². The van der Waals surface area contributed by atoms with Gasteiger partial charge in [0.1, 0.15) is 5.54 Å². The summed E-state index contributed by atoms with van der Waals surface area (Å²) >= 11 is 0. The van der Waals surface area contributed by atoms with Gasteiger partial charge in [0.05, 0.1) is 6.20 Å². The lowest BCUT2D eigenvalue weighted by Crippen LogP contribution is -2.39. The van der Waals surface area contributed by atoms with Crippen LogP contribution in [0.2, 0.25) is 0 Å². The number of terminal acetylenes is 1. The molecule has 1 saturated carbocycles. The molecule has 1 fully saturated rings. The Bertz CT molecular complexity index is 277. The summed E-state index contributed by atoms with van der Waals surface area (Å²) in [4.78, 5) is 0. The number of hydrogen-bond acceptors (Lipinski definition) is 2. The van der Waals surface area contributed by atoms with Crippen molar-refractivity contribution in [2.75, 3.05) is 0 Å². The molecule has 0 radical (unpaired) electrons. The van der Waals surface area contributed by atoms with Crippen LogP contribution in [0.5, 0.6) is 0 Å². The zero-order valence-corrected chi connectivity index (χ0v) is 6.20. The minimum atomic E-state index is -0.142. The maximum absolute atomic E-state index is 5.42. The zero-order chi connectivity index (χ0) is 7.73. The van der Waals surface area contributed by atoms with E-state index < -0.39 is 0 Å². The Labute approximate surface area is 65.4 Å². The van der Waals surface area contributed by atoms with E-state index in [9.17, 15) is 0 Å². The van der Waals surface area contributed by atoms with Crippen LogP contribution in [-0.2, 0) is 5.54 Å². The largest absolute Gasteiger partial charge is 0.234 e. The number of nitrogens with zero attached hydrogens (tertiary/aromatic N) is 3. The van der Waals surface area contributed by atoms with Gasteiger partial charge in [0, 0.05) is 6.20 Å². The van der Waals surface area contributed by atoms with Gasteiger partial charge in [0.15, 0.2) is 0 Å². The van der Waals surface area contributed by atoms with Crippen LogP contribution in [0.25, 0.3) is 0 Å². The molecular formula is C8H9N3. The van der Waals surface area contributed by atoms with Gasteiger partial charge in [0.2, 0.25) is 0 Å². The first kappa shape index (κ1) is 6.41. The van der Waals surface area contributed by atoms with Gasteiger partial charge in [-0.15, -0.1) is 11.5 Å². The quantitative estimate of drug-likeness (QED) is 0.550. The standard InChI is InChI=1S/C8H9N3/c1-2-8(4-3-5-8)11-7-6-9-10-11/h1,6-7H,3-5H2. The van der Waals surface area contributed by atoms with Crippen molar-refractivity contribution in [3.63, 3.8) is 0 Å². The molecule has 1 aromatic heterocycles. The Morgan fingerprint density at radius 1 is 1.55 bits per heavy atom. The van der Waals surface area contributed by atoms with Crippen molar-refractivity contribution < 1.29 is 0 Å². The maximum Gasteiger partial charge on any atom is 0.124 e. The molecule has 0 saturated heterocycles. The van der Waals surface area contributed by atoms with E-state index in [-0.39, 0.29) is 5.54 Å². The van der Waals surface area contributed by atoms with Crippen molar-refractivity contribution in [2.24, 2.45) is 0 Å². The minimum absolute atomic E-state index is 0.142. The Hall–Kier alpha value is -1.30. The first-order chi connectivity index (χ1) is 5.37. The zero-order valence-electron chi connectivity index (χ0n) is 6.20. The molecule has 0 bridgehead atoms. The lowest BCUT2D eigenvalue weighted by molar-refractivity contribution is 0.196. The van der Waals surface area contributed by atoms with Crippen LogP contribution in [0.1, 0.15) is 19.3 Å². The van der Waals surface area contributed by atoms with Crippen molar-refractivity contribution in [1.29, 1.82) is 0 Å². The summed E-state index contributed by atoms with van der Waals surface area (Å²) in [7, 11) is 0. The molecule has 0 aromatic carbocycles. The molecule has 0 spiro atoms. The first-order valence-corrected chi connectivity index (χ1v) is 3.72. The Morgan fingerprint density at radius 2 is 2.36 bits per heavy atom. The van der Waals surface area contributed by atoms with Gasteiger partial charge in [0.25, 0.3) is 0 Å². The predicted octanol–water partition coefficient (Wildman–Crippen LogP) is 0.790. The van der Waals surface area contributed by atoms with Crippen LogP contribution in [0.15, 0.2) is 12.4 Å². The Balaban J connectivity index is 2.34. The third-order valence-corrected chi connectivity index (χ3v) is 2.31. The summed E-state index contributed by atoms with van der Waals surface area (Å²) in [6, 6.07) is 0. The molecule has 3 heteroatoms. The van der Waals surface area contributed by atoms with Crippen molar-refractivity contribution in [1.82, 2.24) is 15.0 Å². The summed E-state index contributed by atoms with van der Waals surface area (Å²) in [5.41, 5.74) is -0.142. The highest BCUT2D eigenvalue weighted by Crippen LogP contribution is 2.37. The minimum Gasteiger partial charge on any atom is -0.234 e. The third kappa shape index (κ3) is 0.758. The maximum atomic E-state index is 5.42. The number of rotatable bonds is 1. The number of aromatic nitrogens is 3. The normalized spacial score (nSPS) is 20.3. The van der Waals surface area contributed by atoms with E-state index in [0.29, 0.717) is 0 Å². The molecule has 0 N–H and O–H groups in total. The highest BCUT2D eigenvalue weighted by molar-refractivity contribution is 5.14. The predicted molar refractivity (Wildman–Crippen MR) is 40.7 cm³/mol. The fraction of sp³-hybridized carbons (Fsp3) is 0.500. The monoisotopic (exact) mass is 147 g/mol. The van der Waals surface area contributed by atoms with Crippen LogP contribution < -0.4 is 0 Å². The number of hydrogen-bond donors (Lipinski definition) is 0. The molecule has 1 aliphatic carbocycles. The molecule has 1 aromatic rings. The molecule has 0 atom stereocenters. The van der Waals surface area contributed by atoms with E-state index in [1.165, 1.54) is 6.42 Å². The van der Waals surface area contributed by atoms with Crippen molar-refractivity contribution in [3.05, 3.63) is 12.4 Å². The highest BCUT2D eigenvalue weighted by atomic mass is 15.4. The Morgan fingerprint density at radius 3 is 2.73 bits per heavy atom. The van der Waals surface area contributed by atoms with E-state index in [1.807, 2.05) is 6.20 Å². The fourth-order valence-electron chi connectivity index (χ4n) is 1.39. The smallest absolute Gasteiger partial charge is 0.124 e. The molecule has 0 aliphatic heterocycles. The van der Waals surface area contributed by atoms with Gasteiger partial charge >= 0.3 is 0 Å². The summed E-state index contributed by atoms with van der Waals surface area (Å²) in [5.74, 6) is 2.78. The van der Waals surface area contributed by atoms with E-state index in [4.69, 9.17) is 6.42 Å². The first-order valence-electron chi connectivity index (χ1n) is 3.72. The lowest BCUT2D eigenvalue weighted by Gasteiger charge is -2.36. The average Bonchev–Trinajstić information content (AvgIpc) is 2.39. The molecule has 3 nitrogen and oxygen atoms in total. The van der Waals surface area contributed by atoms with E-state index in [2.05, 4.69) is 16.2 Å². The van der Waals surface area contributed by atoms with Crippen LogP contribution in [0, 0.1) is 12.3 Å². The van der Waals surface area contributed by atoms with Gasteiger partial charge in [-0.25, -0.2) is 4.68 Å². The van der Waals surface area contributed by atoms with Crippen LogP contribution in [0.3, 0.4) is 0 Å². The van der Waals surface area contributed by atoms with Crippen molar-refractivity contribution in [3.8, 4) is 12.3 Å². The SMILES string of the molecule is C#CC1(n2ccnn2)CCC1.